The van der Waals surface area contributed by atoms with Gasteiger partial charge in [0, 0.05) is 30.0 Å². The molecule has 0 saturated heterocycles. The smallest absolute Gasteiger partial charge is 0.255 e. The van der Waals surface area contributed by atoms with Gasteiger partial charge in [0.15, 0.2) is 0 Å². The highest BCUT2D eigenvalue weighted by molar-refractivity contribution is 6.04. The Kier molecular flexibility index (Phi) is 4.44. The molecule has 0 aromatic heterocycles. The third kappa shape index (κ3) is 3.47. The summed E-state index contributed by atoms with van der Waals surface area (Å²) in [6.07, 6.45) is 1.10. The molecule has 0 aliphatic carbocycles. The molecule has 0 radical (unpaired) electrons. The number of carbonyl (C=O) groups excluding carboxylic acids is 1. The van der Waals surface area contributed by atoms with Crippen molar-refractivity contribution < 1.29 is 4.79 Å². The number of hydrogen-bond acceptors (Lipinski definition) is 2. The molecule has 3 aromatic carbocycles. The maximum absolute atomic E-state index is 12.4. The van der Waals surface area contributed by atoms with E-state index >= 15 is 0 Å². The first-order valence-corrected chi connectivity index (χ1v) is 8.99. The zero-order valence-electron chi connectivity index (χ0n) is 14.9. The van der Waals surface area contributed by atoms with Gasteiger partial charge in [-0.15, -0.1) is 0 Å². The predicted molar refractivity (Wildman–Crippen MR) is 107 cm³/mol. The molecule has 1 amide bonds. The van der Waals surface area contributed by atoms with Crippen LogP contribution in [0.2, 0.25) is 0 Å². The second kappa shape index (κ2) is 7.04. The van der Waals surface area contributed by atoms with E-state index < -0.39 is 0 Å². The Morgan fingerprint density at radius 3 is 2.46 bits per heavy atom. The van der Waals surface area contributed by atoms with Crippen LogP contribution in [0.15, 0.2) is 72.8 Å². The van der Waals surface area contributed by atoms with Crippen LogP contribution in [0.1, 0.15) is 27.0 Å². The summed E-state index contributed by atoms with van der Waals surface area (Å²) in [7, 11) is 0. The van der Waals surface area contributed by atoms with E-state index in [-0.39, 0.29) is 5.91 Å². The first kappa shape index (κ1) is 16.4. The lowest BCUT2D eigenvalue weighted by molar-refractivity contribution is 0.102. The van der Waals surface area contributed by atoms with E-state index in [1.807, 2.05) is 55.5 Å². The number of carbonyl (C=O) groups is 1. The van der Waals surface area contributed by atoms with Gasteiger partial charge in [-0.1, -0.05) is 48.0 Å². The quantitative estimate of drug-likeness (QED) is 0.738. The summed E-state index contributed by atoms with van der Waals surface area (Å²) < 4.78 is 0. The molecule has 1 heterocycles. The minimum Gasteiger partial charge on any atom is -0.367 e. The summed E-state index contributed by atoms with van der Waals surface area (Å²) in [6, 6.07) is 24.3. The van der Waals surface area contributed by atoms with Gasteiger partial charge in [-0.05, 0) is 54.8 Å². The van der Waals surface area contributed by atoms with E-state index in [0.717, 1.165) is 25.2 Å². The molecule has 1 aliphatic rings. The van der Waals surface area contributed by atoms with E-state index in [9.17, 15) is 4.79 Å². The van der Waals surface area contributed by atoms with Gasteiger partial charge in [0.25, 0.3) is 5.91 Å². The number of fused-ring (bicyclic) bond motifs is 1. The zero-order valence-corrected chi connectivity index (χ0v) is 14.9. The summed E-state index contributed by atoms with van der Waals surface area (Å²) in [6.45, 7) is 3.95. The molecule has 0 fully saturated rings. The summed E-state index contributed by atoms with van der Waals surface area (Å²) in [4.78, 5) is 14.8. The van der Waals surface area contributed by atoms with E-state index in [1.165, 1.54) is 22.4 Å². The first-order valence-electron chi connectivity index (χ1n) is 8.99. The Morgan fingerprint density at radius 1 is 0.962 bits per heavy atom. The molecule has 0 unspecified atom stereocenters. The van der Waals surface area contributed by atoms with Crippen molar-refractivity contribution in [3.8, 4) is 0 Å². The van der Waals surface area contributed by atoms with Crippen molar-refractivity contribution in [2.24, 2.45) is 0 Å². The van der Waals surface area contributed by atoms with Crippen LogP contribution in [0.5, 0.6) is 0 Å². The summed E-state index contributed by atoms with van der Waals surface area (Å²) in [5, 5.41) is 2.94. The number of anilines is 2. The van der Waals surface area contributed by atoms with Crippen LogP contribution >= 0.6 is 0 Å². The van der Waals surface area contributed by atoms with Crippen molar-refractivity contribution in [3.05, 3.63) is 95.1 Å². The molecule has 3 heteroatoms. The highest BCUT2D eigenvalue weighted by atomic mass is 16.1. The highest BCUT2D eigenvalue weighted by Crippen LogP contribution is 2.28. The van der Waals surface area contributed by atoms with Gasteiger partial charge in [0.05, 0.1) is 0 Å². The molecule has 3 aromatic rings. The van der Waals surface area contributed by atoms with Crippen molar-refractivity contribution in [2.45, 2.75) is 19.9 Å². The fourth-order valence-corrected chi connectivity index (χ4v) is 3.39. The molecule has 3 nitrogen and oxygen atoms in total. The lowest BCUT2D eigenvalue weighted by Gasteiger charge is -2.19. The van der Waals surface area contributed by atoms with Crippen molar-refractivity contribution in [3.63, 3.8) is 0 Å². The SMILES string of the molecule is Cc1ccc(NC(=O)c2ccc(CN3CCc4ccccc43)cc2)cc1. The maximum Gasteiger partial charge on any atom is 0.255 e. The molecule has 0 saturated carbocycles. The van der Waals surface area contributed by atoms with Gasteiger partial charge in [-0.3, -0.25) is 4.79 Å². The van der Waals surface area contributed by atoms with Gasteiger partial charge in [0.2, 0.25) is 0 Å². The van der Waals surface area contributed by atoms with Crippen LogP contribution in [0.3, 0.4) is 0 Å². The van der Waals surface area contributed by atoms with Crippen LogP contribution < -0.4 is 10.2 Å². The van der Waals surface area contributed by atoms with Crippen LogP contribution in [0, 0.1) is 6.92 Å². The molecular formula is C23H22N2O. The average molecular weight is 342 g/mol. The molecule has 4 rings (SSSR count). The average Bonchev–Trinajstić information content (AvgIpc) is 3.07. The Bertz CT molecular complexity index is 914. The predicted octanol–water partition coefficient (Wildman–Crippen LogP) is 4.81. The van der Waals surface area contributed by atoms with Crippen molar-refractivity contribution in [2.75, 3.05) is 16.8 Å². The zero-order chi connectivity index (χ0) is 17.9. The fourth-order valence-electron chi connectivity index (χ4n) is 3.39. The molecule has 0 bridgehead atoms. The summed E-state index contributed by atoms with van der Waals surface area (Å²) in [5.74, 6) is -0.0769. The summed E-state index contributed by atoms with van der Waals surface area (Å²) >= 11 is 0. The van der Waals surface area contributed by atoms with Gasteiger partial charge in [-0.2, -0.15) is 0 Å². The molecule has 26 heavy (non-hydrogen) atoms. The first-order chi connectivity index (χ1) is 12.7. The number of rotatable bonds is 4. The Hall–Kier alpha value is -3.07. The molecule has 0 atom stereocenters. The number of para-hydroxylation sites is 1. The monoisotopic (exact) mass is 342 g/mol. The van der Waals surface area contributed by atoms with E-state index in [1.54, 1.807) is 0 Å². The standard InChI is InChI=1S/C23H22N2O/c1-17-6-12-21(13-7-17)24-23(26)20-10-8-18(9-11-20)16-25-15-14-19-4-2-3-5-22(19)25/h2-13H,14-16H2,1H3,(H,24,26). The minimum atomic E-state index is -0.0769. The second-order valence-corrected chi connectivity index (χ2v) is 6.82. The van der Waals surface area contributed by atoms with Gasteiger partial charge in [0.1, 0.15) is 0 Å². The maximum atomic E-state index is 12.4. The number of nitrogens with zero attached hydrogens (tertiary/aromatic N) is 1. The fraction of sp³-hybridized carbons (Fsp3) is 0.174. The molecule has 130 valence electrons. The van der Waals surface area contributed by atoms with Gasteiger partial charge < -0.3 is 10.2 Å². The molecule has 0 spiro atoms. The number of nitrogens with one attached hydrogen (secondary N) is 1. The lowest BCUT2D eigenvalue weighted by atomic mass is 10.1. The Morgan fingerprint density at radius 2 is 1.69 bits per heavy atom. The largest absolute Gasteiger partial charge is 0.367 e. The third-order valence-corrected chi connectivity index (χ3v) is 4.88. The minimum absolute atomic E-state index is 0.0769. The Labute approximate surface area is 154 Å². The lowest BCUT2D eigenvalue weighted by Crippen LogP contribution is -2.19. The molecule has 1 aliphatic heterocycles. The van der Waals surface area contributed by atoms with Crippen LogP contribution in [0.25, 0.3) is 0 Å². The second-order valence-electron chi connectivity index (χ2n) is 6.82. The van der Waals surface area contributed by atoms with E-state index in [0.29, 0.717) is 5.56 Å². The molecule has 1 N–H and O–H groups in total. The van der Waals surface area contributed by atoms with Crippen LogP contribution in [-0.4, -0.2) is 12.5 Å². The van der Waals surface area contributed by atoms with Crippen molar-refractivity contribution >= 4 is 17.3 Å². The topological polar surface area (TPSA) is 32.3 Å². The van der Waals surface area contributed by atoms with E-state index in [2.05, 4.69) is 34.5 Å². The van der Waals surface area contributed by atoms with E-state index in [4.69, 9.17) is 0 Å². The third-order valence-electron chi connectivity index (χ3n) is 4.88. The number of hydrogen-bond donors (Lipinski definition) is 1. The van der Waals surface area contributed by atoms with Crippen molar-refractivity contribution in [1.82, 2.24) is 0 Å². The Balaban J connectivity index is 1.42. The molecular weight excluding hydrogens is 320 g/mol. The van der Waals surface area contributed by atoms with Crippen molar-refractivity contribution in [1.29, 1.82) is 0 Å². The normalized spacial score (nSPS) is 12.7. The number of amides is 1. The van der Waals surface area contributed by atoms with Crippen LogP contribution in [-0.2, 0) is 13.0 Å². The van der Waals surface area contributed by atoms with Gasteiger partial charge in [-0.25, -0.2) is 0 Å². The van der Waals surface area contributed by atoms with Crippen LogP contribution in [0.4, 0.5) is 11.4 Å². The number of benzene rings is 3. The number of aryl methyl sites for hydroxylation is 1. The van der Waals surface area contributed by atoms with Gasteiger partial charge >= 0.3 is 0 Å². The highest BCUT2D eigenvalue weighted by Gasteiger charge is 2.18. The summed E-state index contributed by atoms with van der Waals surface area (Å²) in [5.41, 5.74) is 6.63.